The highest BCUT2D eigenvalue weighted by atomic mass is 127. The summed E-state index contributed by atoms with van der Waals surface area (Å²) in [5, 5.41) is 6.21. The number of hydrogen-bond donors (Lipinski definition) is 5. The van der Waals surface area contributed by atoms with E-state index in [1.165, 1.54) is 0 Å². The van der Waals surface area contributed by atoms with Crippen molar-refractivity contribution in [2.75, 3.05) is 27.7 Å². The zero-order valence-corrected chi connectivity index (χ0v) is 13.6. The van der Waals surface area contributed by atoms with Gasteiger partial charge in [-0.3, -0.25) is 9.13 Å². The molecule has 0 amide bonds. The molecular formula is C6H18INO7P2. The molecule has 0 aromatic carbocycles. The fourth-order valence-corrected chi connectivity index (χ4v) is 3.09. The lowest BCUT2D eigenvalue weighted by Crippen LogP contribution is -3.00. The van der Waals surface area contributed by atoms with Gasteiger partial charge < -0.3 is 53.1 Å². The van der Waals surface area contributed by atoms with Crippen LogP contribution in [0.1, 0.15) is 6.42 Å². The van der Waals surface area contributed by atoms with E-state index in [0.717, 1.165) is 0 Å². The normalized spacial score (nSPS) is 14.4. The smallest absolute Gasteiger partial charge is 0.369 e. The van der Waals surface area contributed by atoms with E-state index in [2.05, 4.69) is 0 Å². The average molecular weight is 405 g/mol. The van der Waals surface area contributed by atoms with Crippen LogP contribution < -0.4 is 24.0 Å². The molecule has 0 unspecified atom stereocenters. The van der Waals surface area contributed by atoms with Crippen molar-refractivity contribution in [2.24, 2.45) is 0 Å². The van der Waals surface area contributed by atoms with Crippen LogP contribution in [0.2, 0.25) is 0 Å². The first-order chi connectivity index (χ1) is 6.71. The largest absolute Gasteiger partial charge is 1.00 e. The van der Waals surface area contributed by atoms with Gasteiger partial charge in [-0.2, -0.15) is 0 Å². The molecular weight excluding hydrogens is 387 g/mol. The Morgan fingerprint density at radius 1 is 1.00 bits per heavy atom. The standard InChI is InChI=1S/C6H17NO7P2.HI/c1-7(2,3)5-4-6(8,15(9,10)11)16(12,13)14;/h8H,4-5H2,1-3H3,(H3-,9,10,11,12,13,14);1H. The second-order valence-corrected chi connectivity index (χ2v) is 8.63. The Balaban J connectivity index is 0. The number of quaternary nitrogens is 1. The van der Waals surface area contributed by atoms with Crippen LogP contribution in [0.5, 0.6) is 0 Å². The van der Waals surface area contributed by atoms with Crippen molar-refractivity contribution in [3.63, 3.8) is 0 Å². The third kappa shape index (κ3) is 5.63. The van der Waals surface area contributed by atoms with Gasteiger partial charge in [0.2, 0.25) is 0 Å². The molecule has 0 radical (unpaired) electrons. The van der Waals surface area contributed by atoms with Gasteiger partial charge in [-0.05, 0) is 0 Å². The third-order valence-electron chi connectivity index (χ3n) is 2.05. The second-order valence-electron chi connectivity index (χ2n) is 4.63. The van der Waals surface area contributed by atoms with Crippen LogP contribution in [0.15, 0.2) is 0 Å². The Kier molecular flexibility index (Phi) is 7.08. The van der Waals surface area contributed by atoms with Crippen molar-refractivity contribution in [3.05, 3.63) is 0 Å². The highest BCUT2D eigenvalue weighted by Crippen LogP contribution is 2.68. The minimum Gasteiger partial charge on any atom is -1.00 e. The van der Waals surface area contributed by atoms with Crippen LogP contribution >= 0.6 is 15.2 Å². The number of halogens is 1. The van der Waals surface area contributed by atoms with Crippen LogP contribution in [-0.2, 0) is 9.13 Å². The van der Waals surface area contributed by atoms with Gasteiger partial charge in [0.15, 0.2) is 0 Å². The minimum absolute atomic E-state index is 0. The Labute approximate surface area is 117 Å². The highest BCUT2D eigenvalue weighted by Gasteiger charge is 2.59. The summed E-state index contributed by atoms with van der Waals surface area (Å²) in [5.41, 5.74) is 0. The lowest BCUT2D eigenvalue weighted by atomic mass is 10.4. The Hall–Kier alpha value is 0.950. The summed E-state index contributed by atoms with van der Waals surface area (Å²) in [4.78, 5) is 35.3. The van der Waals surface area contributed by atoms with E-state index in [9.17, 15) is 14.2 Å². The zero-order chi connectivity index (χ0) is 13.4. The summed E-state index contributed by atoms with van der Waals surface area (Å²) < 4.78 is 22.1. The summed E-state index contributed by atoms with van der Waals surface area (Å²) >= 11 is 0. The minimum atomic E-state index is -5.31. The highest BCUT2D eigenvalue weighted by molar-refractivity contribution is 7.72. The van der Waals surface area contributed by atoms with Crippen LogP contribution in [0.3, 0.4) is 0 Å². The summed E-state index contributed by atoms with van der Waals surface area (Å²) in [6, 6.07) is 0. The van der Waals surface area contributed by atoms with E-state index < -0.39 is 26.7 Å². The van der Waals surface area contributed by atoms with Gasteiger partial charge in [0.05, 0.1) is 27.7 Å². The summed E-state index contributed by atoms with van der Waals surface area (Å²) in [5.74, 6) is 0. The summed E-state index contributed by atoms with van der Waals surface area (Å²) in [6.07, 6.45) is -0.689. The molecule has 0 aromatic heterocycles. The van der Waals surface area contributed by atoms with Crippen molar-refractivity contribution in [3.8, 4) is 0 Å². The Morgan fingerprint density at radius 3 is 1.47 bits per heavy atom. The Bertz CT molecular complexity index is 321. The molecule has 0 rings (SSSR count). The molecule has 0 saturated heterocycles. The third-order valence-corrected chi connectivity index (χ3v) is 5.93. The molecule has 17 heavy (non-hydrogen) atoms. The molecule has 0 aliphatic carbocycles. The van der Waals surface area contributed by atoms with E-state index >= 15 is 0 Å². The number of nitrogens with zero attached hydrogens (tertiary/aromatic N) is 1. The van der Waals surface area contributed by atoms with Crippen LogP contribution in [-0.4, -0.2) is 61.9 Å². The maximum absolute atomic E-state index is 11.0. The van der Waals surface area contributed by atoms with E-state index in [1.807, 2.05) is 0 Å². The second kappa shape index (κ2) is 5.94. The quantitative estimate of drug-likeness (QED) is 0.179. The van der Waals surface area contributed by atoms with E-state index in [1.54, 1.807) is 21.1 Å². The molecule has 0 heterocycles. The molecule has 0 aliphatic rings. The number of rotatable bonds is 5. The van der Waals surface area contributed by atoms with E-state index in [-0.39, 0.29) is 35.0 Å². The van der Waals surface area contributed by atoms with Gasteiger partial charge in [-0.25, -0.2) is 0 Å². The number of hydrogen-bond acceptors (Lipinski definition) is 3. The van der Waals surface area contributed by atoms with E-state index in [4.69, 9.17) is 19.6 Å². The predicted molar refractivity (Wildman–Crippen MR) is 56.6 cm³/mol. The molecule has 106 valence electrons. The van der Waals surface area contributed by atoms with Crippen molar-refractivity contribution < 1.29 is 62.3 Å². The first kappa shape index (κ1) is 20.3. The molecule has 0 aromatic rings. The first-order valence-electron chi connectivity index (χ1n) is 4.35. The first-order valence-corrected chi connectivity index (χ1v) is 7.57. The zero-order valence-electron chi connectivity index (χ0n) is 9.69. The molecule has 0 saturated carbocycles. The summed E-state index contributed by atoms with van der Waals surface area (Å²) in [7, 11) is -5.63. The fourth-order valence-electron chi connectivity index (χ4n) is 0.946. The van der Waals surface area contributed by atoms with Gasteiger partial charge in [0.25, 0.3) is 5.08 Å². The monoisotopic (exact) mass is 405 g/mol. The molecule has 0 atom stereocenters. The topological polar surface area (TPSA) is 135 Å². The van der Waals surface area contributed by atoms with Crippen molar-refractivity contribution >= 4 is 15.2 Å². The van der Waals surface area contributed by atoms with Gasteiger partial charge in [0.1, 0.15) is 0 Å². The lowest BCUT2D eigenvalue weighted by Gasteiger charge is -2.32. The molecule has 0 aliphatic heterocycles. The molecule has 11 heteroatoms. The maximum atomic E-state index is 11.0. The number of aliphatic hydroxyl groups is 1. The van der Waals surface area contributed by atoms with Crippen LogP contribution in [0.25, 0.3) is 0 Å². The fraction of sp³-hybridized carbons (Fsp3) is 1.00. The molecule has 0 bridgehead atoms. The Morgan fingerprint density at radius 2 is 1.29 bits per heavy atom. The average Bonchev–Trinajstić information content (AvgIpc) is 1.93. The molecule has 0 spiro atoms. The van der Waals surface area contributed by atoms with Crippen LogP contribution in [0.4, 0.5) is 0 Å². The SMILES string of the molecule is C[N+](C)(C)CCC(O)(P(=O)(O)O)P(=O)(O)O.[I-]. The molecule has 0 fully saturated rings. The van der Waals surface area contributed by atoms with Gasteiger partial charge in [-0.15, -0.1) is 0 Å². The molecule has 5 N–H and O–H groups in total. The van der Waals surface area contributed by atoms with Crippen molar-refractivity contribution in [1.82, 2.24) is 0 Å². The summed E-state index contributed by atoms with van der Waals surface area (Å²) in [6.45, 7) is 0.00667. The van der Waals surface area contributed by atoms with Gasteiger partial charge >= 0.3 is 15.2 Å². The predicted octanol–water partition coefficient (Wildman–Crippen LogP) is -3.91. The maximum Gasteiger partial charge on any atom is 0.369 e. The van der Waals surface area contributed by atoms with Gasteiger partial charge in [0, 0.05) is 6.42 Å². The van der Waals surface area contributed by atoms with Gasteiger partial charge in [-0.1, -0.05) is 0 Å². The van der Waals surface area contributed by atoms with Crippen molar-refractivity contribution in [2.45, 2.75) is 11.5 Å². The molecule has 8 nitrogen and oxygen atoms in total. The lowest BCUT2D eigenvalue weighted by molar-refractivity contribution is -0.870. The van der Waals surface area contributed by atoms with Crippen LogP contribution in [0, 0.1) is 0 Å². The van der Waals surface area contributed by atoms with E-state index in [0.29, 0.717) is 0 Å². The van der Waals surface area contributed by atoms with Crippen molar-refractivity contribution in [1.29, 1.82) is 0 Å².